The van der Waals surface area contributed by atoms with Crippen LogP contribution >= 0.6 is 0 Å². The monoisotopic (exact) mass is 300 g/mol. The van der Waals surface area contributed by atoms with Crippen LogP contribution < -0.4 is 5.01 Å². The van der Waals surface area contributed by atoms with Crippen LogP contribution in [0.2, 0.25) is 0 Å². The SMILES string of the molecule is Cc1ccc(N2N3C(=O)O[C@]4(C)CC[C@@H](C2(C)C)[C@@]34C)cc1. The maximum absolute atomic E-state index is 12.7. The van der Waals surface area contributed by atoms with Crippen LogP contribution in [-0.4, -0.2) is 27.8 Å². The zero-order valence-corrected chi connectivity index (χ0v) is 14.0. The summed E-state index contributed by atoms with van der Waals surface area (Å²) in [6.45, 7) is 10.9. The van der Waals surface area contributed by atoms with Gasteiger partial charge in [0, 0.05) is 5.92 Å². The van der Waals surface area contributed by atoms with Gasteiger partial charge in [-0.2, -0.15) is 0 Å². The van der Waals surface area contributed by atoms with E-state index in [0.717, 1.165) is 18.5 Å². The summed E-state index contributed by atoms with van der Waals surface area (Å²) < 4.78 is 5.82. The van der Waals surface area contributed by atoms with E-state index in [1.165, 1.54) is 5.56 Å². The summed E-state index contributed by atoms with van der Waals surface area (Å²) >= 11 is 0. The number of hydrazine groups is 1. The van der Waals surface area contributed by atoms with E-state index in [2.05, 4.69) is 63.9 Å². The smallest absolute Gasteiger partial charge is 0.430 e. The molecule has 2 heterocycles. The Bertz CT molecular complexity index is 654. The third-order valence-corrected chi connectivity index (χ3v) is 6.46. The van der Waals surface area contributed by atoms with Crippen molar-refractivity contribution in [1.29, 1.82) is 0 Å². The normalized spacial score (nSPS) is 38.4. The third kappa shape index (κ3) is 1.32. The Labute approximate surface area is 132 Å². The predicted octanol–water partition coefficient (Wildman–Crippen LogP) is 3.89. The molecule has 4 nitrogen and oxygen atoms in total. The number of rotatable bonds is 1. The first-order chi connectivity index (χ1) is 10.2. The fourth-order valence-corrected chi connectivity index (χ4v) is 5.14. The van der Waals surface area contributed by atoms with Crippen LogP contribution in [0.5, 0.6) is 0 Å². The molecule has 0 aromatic heterocycles. The first kappa shape index (κ1) is 13.9. The number of anilines is 1. The van der Waals surface area contributed by atoms with Crippen LogP contribution in [0.25, 0.3) is 0 Å². The van der Waals surface area contributed by atoms with Gasteiger partial charge in [-0.25, -0.2) is 9.80 Å². The van der Waals surface area contributed by atoms with Crippen molar-refractivity contribution in [3.63, 3.8) is 0 Å². The molecule has 1 aliphatic carbocycles. The standard InChI is InChI=1S/C18H24N2O2/c1-12-6-8-13(9-7-12)19-16(2,3)14-10-11-17(4)18(14,5)20(19)15(21)22-17/h6-9,14H,10-11H2,1-5H3/t14-,17+,18+/m0/s1. The zero-order chi connectivity index (χ0) is 15.9. The average Bonchev–Trinajstić information content (AvgIpc) is 2.87. The van der Waals surface area contributed by atoms with E-state index in [4.69, 9.17) is 4.74 Å². The Hall–Kier alpha value is -1.71. The molecule has 1 aromatic rings. The van der Waals surface area contributed by atoms with Gasteiger partial charge in [-0.05, 0) is 59.6 Å². The second-order valence-corrected chi connectivity index (χ2v) is 7.95. The highest BCUT2D eigenvalue weighted by Gasteiger charge is 2.76. The van der Waals surface area contributed by atoms with Crippen molar-refractivity contribution in [3.05, 3.63) is 29.8 Å². The Morgan fingerprint density at radius 2 is 1.73 bits per heavy atom. The van der Waals surface area contributed by atoms with Gasteiger partial charge in [0.2, 0.25) is 0 Å². The quantitative estimate of drug-likeness (QED) is 0.789. The summed E-state index contributed by atoms with van der Waals surface area (Å²) in [6, 6.07) is 8.40. The number of amides is 1. The molecule has 2 saturated heterocycles. The second-order valence-electron chi connectivity index (χ2n) is 7.95. The Morgan fingerprint density at radius 1 is 1.09 bits per heavy atom. The summed E-state index contributed by atoms with van der Waals surface area (Å²) in [5.41, 5.74) is 1.53. The van der Waals surface area contributed by atoms with Gasteiger partial charge in [-0.15, -0.1) is 0 Å². The number of hydrogen-bond acceptors (Lipinski definition) is 3. The minimum atomic E-state index is -0.383. The third-order valence-electron chi connectivity index (χ3n) is 6.46. The number of carbonyl (C=O) groups excluding carboxylic acids is 1. The summed E-state index contributed by atoms with van der Waals surface area (Å²) in [6.07, 6.45) is 1.83. The number of aryl methyl sites for hydroxylation is 1. The highest BCUT2D eigenvalue weighted by Crippen LogP contribution is 2.63. The molecule has 0 unspecified atom stereocenters. The molecular weight excluding hydrogens is 276 g/mol. The number of ether oxygens (including phenoxy) is 1. The van der Waals surface area contributed by atoms with Gasteiger partial charge in [-0.1, -0.05) is 17.7 Å². The molecule has 4 heteroatoms. The summed E-state index contributed by atoms with van der Waals surface area (Å²) in [5, 5.41) is 4.07. The largest absolute Gasteiger partial charge is 0.439 e. The average molecular weight is 300 g/mol. The second kappa shape index (κ2) is 3.79. The Morgan fingerprint density at radius 3 is 2.36 bits per heavy atom. The van der Waals surface area contributed by atoms with Crippen molar-refractivity contribution in [1.82, 2.24) is 5.01 Å². The zero-order valence-electron chi connectivity index (χ0n) is 14.0. The summed E-state index contributed by atoms with van der Waals surface area (Å²) in [7, 11) is 0. The van der Waals surface area contributed by atoms with E-state index < -0.39 is 0 Å². The summed E-state index contributed by atoms with van der Waals surface area (Å²) in [5.74, 6) is 0.401. The molecule has 118 valence electrons. The highest BCUT2D eigenvalue weighted by atomic mass is 16.6. The van der Waals surface area contributed by atoms with E-state index in [1.807, 2.05) is 5.01 Å². The maximum atomic E-state index is 12.7. The van der Waals surface area contributed by atoms with Gasteiger partial charge < -0.3 is 4.74 Å². The van der Waals surface area contributed by atoms with Gasteiger partial charge in [0.25, 0.3) is 0 Å². The van der Waals surface area contributed by atoms with Gasteiger partial charge in [0.1, 0.15) is 11.1 Å². The van der Waals surface area contributed by atoms with Crippen LogP contribution in [0.15, 0.2) is 24.3 Å². The molecule has 0 radical (unpaired) electrons. The molecule has 3 fully saturated rings. The molecular formula is C18H24N2O2. The fourth-order valence-electron chi connectivity index (χ4n) is 5.14. The number of nitrogens with zero attached hydrogens (tertiary/aromatic N) is 2. The van der Waals surface area contributed by atoms with Crippen molar-refractivity contribution >= 4 is 11.8 Å². The van der Waals surface area contributed by atoms with Crippen molar-refractivity contribution in [2.45, 2.75) is 64.1 Å². The molecule has 0 spiro atoms. The molecule has 0 N–H and O–H groups in total. The lowest BCUT2D eigenvalue weighted by Crippen LogP contribution is -2.54. The molecule has 2 aliphatic heterocycles. The lowest BCUT2D eigenvalue weighted by molar-refractivity contribution is 0.0271. The highest BCUT2D eigenvalue weighted by molar-refractivity contribution is 5.78. The molecule has 0 bridgehead atoms. The van der Waals surface area contributed by atoms with Crippen LogP contribution in [0.1, 0.15) is 46.1 Å². The van der Waals surface area contributed by atoms with Crippen LogP contribution in [0.4, 0.5) is 10.5 Å². The first-order valence-corrected chi connectivity index (χ1v) is 8.12. The molecule has 1 aromatic carbocycles. The van der Waals surface area contributed by atoms with Gasteiger partial charge in [-0.3, -0.25) is 5.01 Å². The van der Waals surface area contributed by atoms with Crippen LogP contribution in [0.3, 0.4) is 0 Å². The first-order valence-electron chi connectivity index (χ1n) is 8.12. The minimum Gasteiger partial charge on any atom is -0.439 e. The summed E-state index contributed by atoms with van der Waals surface area (Å²) in [4.78, 5) is 12.7. The minimum absolute atomic E-state index is 0.110. The van der Waals surface area contributed by atoms with E-state index in [1.54, 1.807) is 0 Å². The predicted molar refractivity (Wildman–Crippen MR) is 85.6 cm³/mol. The number of benzene rings is 1. The Balaban J connectivity index is 1.90. The van der Waals surface area contributed by atoms with E-state index in [0.29, 0.717) is 5.92 Å². The molecule has 3 aliphatic rings. The molecule has 4 rings (SSSR count). The van der Waals surface area contributed by atoms with E-state index >= 15 is 0 Å². The van der Waals surface area contributed by atoms with E-state index in [9.17, 15) is 4.79 Å². The van der Waals surface area contributed by atoms with Crippen molar-refractivity contribution in [2.24, 2.45) is 5.92 Å². The lowest BCUT2D eigenvalue weighted by Gasteiger charge is -2.39. The van der Waals surface area contributed by atoms with E-state index in [-0.39, 0.29) is 22.8 Å². The van der Waals surface area contributed by atoms with Crippen molar-refractivity contribution < 1.29 is 9.53 Å². The topological polar surface area (TPSA) is 32.8 Å². The van der Waals surface area contributed by atoms with Crippen molar-refractivity contribution in [2.75, 3.05) is 5.01 Å². The number of carbonyl (C=O) groups is 1. The molecule has 22 heavy (non-hydrogen) atoms. The van der Waals surface area contributed by atoms with Crippen LogP contribution in [-0.2, 0) is 4.74 Å². The molecule has 1 amide bonds. The van der Waals surface area contributed by atoms with Gasteiger partial charge in [0.15, 0.2) is 0 Å². The maximum Gasteiger partial charge on any atom is 0.430 e. The Kier molecular flexibility index (Phi) is 2.39. The number of hydrogen-bond donors (Lipinski definition) is 0. The fraction of sp³-hybridized carbons (Fsp3) is 0.611. The molecule has 1 saturated carbocycles. The van der Waals surface area contributed by atoms with Gasteiger partial charge >= 0.3 is 6.09 Å². The van der Waals surface area contributed by atoms with Crippen molar-refractivity contribution in [3.8, 4) is 0 Å². The van der Waals surface area contributed by atoms with Gasteiger partial charge in [0.05, 0.1) is 11.2 Å². The lowest BCUT2D eigenvalue weighted by atomic mass is 9.74. The molecule has 3 atom stereocenters. The van der Waals surface area contributed by atoms with Crippen LogP contribution in [0, 0.1) is 12.8 Å².